The van der Waals surface area contributed by atoms with Gasteiger partial charge in [0, 0.05) is 6.42 Å². The van der Waals surface area contributed by atoms with Gasteiger partial charge in [-0.25, -0.2) is 0 Å². The summed E-state index contributed by atoms with van der Waals surface area (Å²) in [7, 11) is -4.12. The fourth-order valence-corrected chi connectivity index (χ4v) is 1.20. The van der Waals surface area contributed by atoms with Crippen LogP contribution < -0.4 is 0 Å². The van der Waals surface area contributed by atoms with Crippen LogP contribution in [0, 0.1) is 0 Å². The summed E-state index contributed by atoms with van der Waals surface area (Å²) in [4.78, 5) is 11.0. The zero-order valence-corrected chi connectivity index (χ0v) is 9.05. The predicted octanol–water partition coefficient (Wildman–Crippen LogP) is 0.998. The van der Waals surface area contributed by atoms with Crippen molar-refractivity contribution in [2.75, 3.05) is 12.5 Å². The molecule has 0 aliphatic heterocycles. The van der Waals surface area contributed by atoms with Gasteiger partial charge in [0.05, 0.1) is 0 Å². The molecule has 0 bridgehead atoms. The average molecular weight is 224 g/mol. The third kappa shape index (κ3) is 9.63. The first-order valence-electron chi connectivity index (χ1n) is 4.50. The quantitative estimate of drug-likeness (QED) is 0.491. The summed E-state index contributed by atoms with van der Waals surface area (Å²) in [5.41, 5.74) is 0. The number of Topliss-reactive ketones (excluding diaryl/α,β-unsaturated/α-hetero) is 1. The summed E-state index contributed by atoms with van der Waals surface area (Å²) in [6.45, 7) is 1.78. The molecule has 0 heterocycles. The largest absolute Gasteiger partial charge is 0.355 e. The van der Waals surface area contributed by atoms with E-state index in [0.29, 0.717) is 6.42 Å². The van der Waals surface area contributed by atoms with Gasteiger partial charge in [0.25, 0.3) is 10.1 Å². The molecule has 0 amide bonds. The minimum atomic E-state index is -4.12. The van der Waals surface area contributed by atoms with E-state index in [-0.39, 0.29) is 12.4 Å². The molecule has 0 aromatic heterocycles. The van der Waals surface area contributed by atoms with Crippen LogP contribution in [0.5, 0.6) is 0 Å². The Morgan fingerprint density at radius 2 is 2.00 bits per heavy atom. The molecule has 0 fully saturated rings. The van der Waals surface area contributed by atoms with E-state index >= 15 is 0 Å². The molecular weight excluding hydrogens is 208 g/mol. The Hall–Kier alpha value is -0.460. The van der Waals surface area contributed by atoms with Gasteiger partial charge in [-0.1, -0.05) is 19.8 Å². The Morgan fingerprint density at radius 3 is 2.50 bits per heavy atom. The average Bonchev–Trinajstić information content (AvgIpc) is 2.02. The van der Waals surface area contributed by atoms with Crippen LogP contribution in [-0.4, -0.2) is 31.3 Å². The topological polar surface area (TPSA) is 80.7 Å². The number of ether oxygens (including phenoxy) is 1. The molecule has 0 saturated carbocycles. The second kappa shape index (κ2) is 6.92. The van der Waals surface area contributed by atoms with Crippen LogP contribution in [0.4, 0.5) is 0 Å². The summed E-state index contributed by atoms with van der Waals surface area (Å²) < 4.78 is 33.2. The molecule has 0 aliphatic carbocycles. The lowest BCUT2D eigenvalue weighted by atomic mass is 10.1. The Morgan fingerprint density at radius 1 is 1.36 bits per heavy atom. The molecule has 0 saturated heterocycles. The highest BCUT2D eigenvalue weighted by Crippen LogP contribution is 2.00. The monoisotopic (exact) mass is 224 g/mol. The highest BCUT2D eigenvalue weighted by molar-refractivity contribution is 7.85. The number of carbonyl (C=O) groups excluding carboxylic acids is 1. The lowest BCUT2D eigenvalue weighted by Crippen LogP contribution is -2.14. The number of carbonyl (C=O) groups is 1. The molecule has 1 N–H and O–H groups in total. The Kier molecular flexibility index (Phi) is 6.69. The van der Waals surface area contributed by atoms with Crippen molar-refractivity contribution in [1.29, 1.82) is 0 Å². The summed E-state index contributed by atoms with van der Waals surface area (Å²) in [6, 6.07) is 0. The minimum absolute atomic E-state index is 0.137. The Labute approximate surface area is 84.2 Å². The van der Waals surface area contributed by atoms with Crippen molar-refractivity contribution in [2.24, 2.45) is 0 Å². The molecule has 0 aliphatic rings. The van der Waals surface area contributed by atoms with E-state index in [0.717, 1.165) is 19.3 Å². The van der Waals surface area contributed by atoms with E-state index in [1.54, 1.807) is 0 Å². The first kappa shape index (κ1) is 13.5. The molecule has 6 heteroatoms. The van der Waals surface area contributed by atoms with Gasteiger partial charge in [-0.3, -0.25) is 9.35 Å². The van der Waals surface area contributed by atoms with Crippen LogP contribution in [0.15, 0.2) is 0 Å². The maximum atomic E-state index is 11.0. The zero-order valence-electron chi connectivity index (χ0n) is 8.23. The van der Waals surface area contributed by atoms with Crippen molar-refractivity contribution in [3.63, 3.8) is 0 Å². The molecule has 0 aromatic carbocycles. The van der Waals surface area contributed by atoms with Gasteiger partial charge in [0.1, 0.15) is 6.61 Å². The fourth-order valence-electron chi connectivity index (χ4n) is 0.905. The van der Waals surface area contributed by atoms with Gasteiger partial charge in [0.15, 0.2) is 11.7 Å². The summed E-state index contributed by atoms with van der Waals surface area (Å²) >= 11 is 0. The van der Waals surface area contributed by atoms with Crippen LogP contribution >= 0.6 is 0 Å². The molecular formula is C8H16O5S. The molecule has 14 heavy (non-hydrogen) atoms. The number of ketones is 1. The van der Waals surface area contributed by atoms with Gasteiger partial charge >= 0.3 is 0 Å². The van der Waals surface area contributed by atoms with Crippen molar-refractivity contribution < 1.29 is 22.5 Å². The summed E-state index contributed by atoms with van der Waals surface area (Å²) in [5, 5.41) is 0. The molecule has 0 spiro atoms. The maximum absolute atomic E-state index is 11.0. The smallest absolute Gasteiger partial charge is 0.289 e. The molecule has 84 valence electrons. The minimum Gasteiger partial charge on any atom is -0.355 e. The Balaban J connectivity index is 3.45. The number of hydrogen-bond acceptors (Lipinski definition) is 4. The van der Waals surface area contributed by atoms with E-state index < -0.39 is 16.1 Å². The number of hydrogen-bond donors (Lipinski definition) is 1. The number of rotatable bonds is 8. The third-order valence-corrected chi connectivity index (χ3v) is 2.02. The van der Waals surface area contributed by atoms with E-state index in [2.05, 4.69) is 4.74 Å². The van der Waals surface area contributed by atoms with Gasteiger partial charge in [0.2, 0.25) is 0 Å². The lowest BCUT2D eigenvalue weighted by molar-refractivity contribution is -0.123. The molecule has 0 radical (unpaired) electrons. The van der Waals surface area contributed by atoms with Crippen molar-refractivity contribution in [3.8, 4) is 0 Å². The van der Waals surface area contributed by atoms with Gasteiger partial charge in [-0.15, -0.1) is 0 Å². The highest BCUT2D eigenvalue weighted by Gasteiger charge is 2.07. The van der Waals surface area contributed by atoms with E-state index in [4.69, 9.17) is 4.55 Å². The molecule has 0 aromatic rings. The normalized spacial score (nSPS) is 11.6. The van der Waals surface area contributed by atoms with Crippen molar-refractivity contribution >= 4 is 15.9 Å². The van der Waals surface area contributed by atoms with E-state index in [1.807, 2.05) is 6.92 Å². The number of unbranched alkanes of at least 4 members (excludes halogenated alkanes) is 2. The van der Waals surface area contributed by atoms with Crippen LogP contribution in [0.1, 0.15) is 32.6 Å². The van der Waals surface area contributed by atoms with Gasteiger partial charge in [-0.2, -0.15) is 8.42 Å². The predicted molar refractivity (Wildman–Crippen MR) is 51.5 cm³/mol. The standard InChI is InChI=1S/C8H16O5S/c1-2-3-4-5-8(9)6-13-7-14(10,11)12/h2-7H2,1H3,(H,10,11,12). The summed E-state index contributed by atoms with van der Waals surface area (Å²) in [6.07, 6.45) is 3.20. The van der Waals surface area contributed by atoms with Crippen molar-refractivity contribution in [2.45, 2.75) is 32.6 Å². The molecule has 5 nitrogen and oxygen atoms in total. The first-order valence-corrected chi connectivity index (χ1v) is 6.11. The van der Waals surface area contributed by atoms with E-state index in [1.165, 1.54) is 0 Å². The Bertz CT molecular complexity index is 257. The highest BCUT2D eigenvalue weighted by atomic mass is 32.2. The second-order valence-electron chi connectivity index (χ2n) is 3.04. The molecule has 0 atom stereocenters. The van der Waals surface area contributed by atoms with Crippen LogP contribution in [-0.2, 0) is 19.6 Å². The van der Waals surface area contributed by atoms with E-state index in [9.17, 15) is 13.2 Å². The SMILES string of the molecule is CCCCCC(=O)COCS(=O)(=O)O. The van der Waals surface area contributed by atoms with Crippen molar-refractivity contribution in [1.82, 2.24) is 0 Å². The summed E-state index contributed by atoms with van der Waals surface area (Å²) in [5.74, 6) is -0.950. The first-order chi connectivity index (χ1) is 6.45. The lowest BCUT2D eigenvalue weighted by Gasteiger charge is -2.01. The zero-order chi connectivity index (χ0) is 11.0. The second-order valence-corrected chi connectivity index (χ2v) is 4.44. The van der Waals surface area contributed by atoms with Gasteiger partial charge < -0.3 is 4.74 Å². The third-order valence-electron chi connectivity index (χ3n) is 1.55. The van der Waals surface area contributed by atoms with Gasteiger partial charge in [-0.05, 0) is 6.42 Å². The van der Waals surface area contributed by atoms with Crippen LogP contribution in [0.3, 0.4) is 0 Å². The maximum Gasteiger partial charge on any atom is 0.289 e. The molecule has 0 rings (SSSR count). The van der Waals surface area contributed by atoms with Crippen LogP contribution in [0.25, 0.3) is 0 Å². The van der Waals surface area contributed by atoms with Crippen molar-refractivity contribution in [3.05, 3.63) is 0 Å². The van der Waals surface area contributed by atoms with Crippen LogP contribution in [0.2, 0.25) is 0 Å². The molecule has 0 unspecified atom stereocenters. The fraction of sp³-hybridized carbons (Fsp3) is 0.875.